The molecule has 1 aromatic rings. The zero-order chi connectivity index (χ0) is 12.1. The summed E-state index contributed by atoms with van der Waals surface area (Å²) in [6.45, 7) is 7.57. The maximum absolute atomic E-state index is 5.85. The van der Waals surface area contributed by atoms with Gasteiger partial charge in [-0.1, -0.05) is 26.0 Å². The first-order valence-corrected chi connectivity index (χ1v) is 6.69. The Morgan fingerprint density at radius 3 is 2.41 bits per heavy atom. The van der Waals surface area contributed by atoms with Gasteiger partial charge in [-0.3, -0.25) is 0 Å². The highest BCUT2D eigenvalue weighted by molar-refractivity contribution is 5.28. The molecule has 2 nitrogen and oxygen atoms in total. The Kier molecular flexibility index (Phi) is 4.43. The summed E-state index contributed by atoms with van der Waals surface area (Å²) >= 11 is 0. The van der Waals surface area contributed by atoms with Crippen molar-refractivity contribution in [3.63, 3.8) is 0 Å². The topological polar surface area (TPSA) is 21.3 Å². The molecule has 1 saturated heterocycles. The fourth-order valence-corrected chi connectivity index (χ4v) is 2.21. The summed E-state index contributed by atoms with van der Waals surface area (Å²) in [7, 11) is 0. The van der Waals surface area contributed by atoms with E-state index in [1.165, 1.54) is 18.4 Å². The van der Waals surface area contributed by atoms with Gasteiger partial charge in [-0.05, 0) is 55.5 Å². The summed E-state index contributed by atoms with van der Waals surface area (Å²) in [5.41, 5.74) is 1.37. The van der Waals surface area contributed by atoms with E-state index in [1.54, 1.807) is 0 Å². The van der Waals surface area contributed by atoms with Gasteiger partial charge in [0, 0.05) is 0 Å². The molecule has 1 aliphatic rings. The van der Waals surface area contributed by atoms with Crippen molar-refractivity contribution in [2.45, 2.75) is 32.6 Å². The molecule has 0 bridgehead atoms. The van der Waals surface area contributed by atoms with Gasteiger partial charge in [0.2, 0.25) is 0 Å². The molecule has 0 unspecified atom stereocenters. The SMILES string of the molecule is CC(C)c1ccc(OCC2CCNCC2)cc1. The first-order valence-electron chi connectivity index (χ1n) is 6.69. The van der Waals surface area contributed by atoms with Crippen LogP contribution in [0, 0.1) is 5.92 Å². The van der Waals surface area contributed by atoms with Crippen molar-refractivity contribution in [1.29, 1.82) is 0 Å². The minimum Gasteiger partial charge on any atom is -0.493 e. The third kappa shape index (κ3) is 3.74. The van der Waals surface area contributed by atoms with Gasteiger partial charge in [0.25, 0.3) is 0 Å². The van der Waals surface area contributed by atoms with Gasteiger partial charge in [-0.15, -0.1) is 0 Å². The number of rotatable bonds is 4. The molecule has 0 aromatic heterocycles. The Labute approximate surface area is 104 Å². The summed E-state index contributed by atoms with van der Waals surface area (Å²) in [4.78, 5) is 0. The summed E-state index contributed by atoms with van der Waals surface area (Å²) < 4.78 is 5.85. The number of benzene rings is 1. The maximum atomic E-state index is 5.85. The largest absolute Gasteiger partial charge is 0.493 e. The van der Waals surface area contributed by atoms with Crippen molar-refractivity contribution in [1.82, 2.24) is 5.32 Å². The van der Waals surface area contributed by atoms with Gasteiger partial charge in [0.1, 0.15) is 5.75 Å². The molecular formula is C15H23NO. The van der Waals surface area contributed by atoms with E-state index in [-0.39, 0.29) is 0 Å². The van der Waals surface area contributed by atoms with Crippen LogP contribution < -0.4 is 10.1 Å². The van der Waals surface area contributed by atoms with Gasteiger partial charge < -0.3 is 10.1 Å². The van der Waals surface area contributed by atoms with E-state index in [9.17, 15) is 0 Å². The van der Waals surface area contributed by atoms with Crippen LogP contribution in [-0.4, -0.2) is 19.7 Å². The lowest BCUT2D eigenvalue weighted by molar-refractivity contribution is 0.215. The fourth-order valence-electron chi connectivity index (χ4n) is 2.21. The van der Waals surface area contributed by atoms with Crippen LogP contribution in [0.4, 0.5) is 0 Å². The molecule has 1 fully saturated rings. The quantitative estimate of drug-likeness (QED) is 0.862. The molecule has 1 aromatic carbocycles. The van der Waals surface area contributed by atoms with E-state index in [0.717, 1.165) is 31.4 Å². The second-order valence-electron chi connectivity index (χ2n) is 5.23. The molecule has 94 valence electrons. The van der Waals surface area contributed by atoms with Crippen LogP contribution in [0.5, 0.6) is 5.75 Å². The van der Waals surface area contributed by atoms with Crippen LogP contribution in [0.25, 0.3) is 0 Å². The van der Waals surface area contributed by atoms with Gasteiger partial charge in [0.15, 0.2) is 0 Å². The lowest BCUT2D eigenvalue weighted by Crippen LogP contribution is -2.30. The molecule has 0 spiro atoms. The van der Waals surface area contributed by atoms with Crippen LogP contribution in [0.3, 0.4) is 0 Å². The first-order chi connectivity index (χ1) is 8.25. The monoisotopic (exact) mass is 233 g/mol. The molecule has 0 aliphatic carbocycles. The second-order valence-corrected chi connectivity index (χ2v) is 5.23. The average molecular weight is 233 g/mol. The highest BCUT2D eigenvalue weighted by atomic mass is 16.5. The normalized spacial score (nSPS) is 17.4. The van der Waals surface area contributed by atoms with E-state index in [0.29, 0.717) is 5.92 Å². The second kappa shape index (κ2) is 6.06. The van der Waals surface area contributed by atoms with Crippen molar-refractivity contribution in [3.8, 4) is 5.75 Å². The van der Waals surface area contributed by atoms with Crippen molar-refractivity contribution < 1.29 is 4.74 Å². The summed E-state index contributed by atoms with van der Waals surface area (Å²) in [5.74, 6) is 2.32. The zero-order valence-corrected chi connectivity index (χ0v) is 10.9. The van der Waals surface area contributed by atoms with E-state index in [1.807, 2.05) is 0 Å². The molecule has 0 atom stereocenters. The lowest BCUT2D eigenvalue weighted by Gasteiger charge is -2.22. The van der Waals surface area contributed by atoms with E-state index >= 15 is 0 Å². The summed E-state index contributed by atoms with van der Waals surface area (Å²) in [5, 5.41) is 3.38. The Bertz CT molecular complexity index is 325. The first kappa shape index (κ1) is 12.4. The third-order valence-electron chi connectivity index (χ3n) is 3.49. The smallest absolute Gasteiger partial charge is 0.119 e. The molecule has 2 rings (SSSR count). The van der Waals surface area contributed by atoms with Gasteiger partial charge in [-0.2, -0.15) is 0 Å². The maximum Gasteiger partial charge on any atom is 0.119 e. The van der Waals surface area contributed by atoms with Gasteiger partial charge in [0.05, 0.1) is 6.61 Å². The van der Waals surface area contributed by atoms with Crippen molar-refractivity contribution >= 4 is 0 Å². The molecule has 0 radical (unpaired) electrons. The highest BCUT2D eigenvalue weighted by Crippen LogP contribution is 2.20. The van der Waals surface area contributed by atoms with Crippen molar-refractivity contribution in [2.75, 3.05) is 19.7 Å². The Morgan fingerprint density at radius 1 is 1.18 bits per heavy atom. The molecule has 1 heterocycles. The predicted molar refractivity (Wildman–Crippen MR) is 71.6 cm³/mol. The van der Waals surface area contributed by atoms with E-state index < -0.39 is 0 Å². The molecule has 17 heavy (non-hydrogen) atoms. The number of piperidine rings is 1. The minimum atomic E-state index is 0.591. The van der Waals surface area contributed by atoms with Crippen LogP contribution in [0.15, 0.2) is 24.3 Å². The van der Waals surface area contributed by atoms with Crippen molar-refractivity contribution in [3.05, 3.63) is 29.8 Å². The van der Waals surface area contributed by atoms with Gasteiger partial charge >= 0.3 is 0 Å². The van der Waals surface area contributed by atoms with Crippen LogP contribution in [-0.2, 0) is 0 Å². The Morgan fingerprint density at radius 2 is 1.82 bits per heavy atom. The lowest BCUT2D eigenvalue weighted by atomic mass is 9.99. The molecular weight excluding hydrogens is 210 g/mol. The molecule has 0 amide bonds. The summed E-state index contributed by atoms with van der Waals surface area (Å²) in [6.07, 6.45) is 2.48. The molecule has 1 aliphatic heterocycles. The number of hydrogen-bond acceptors (Lipinski definition) is 2. The summed E-state index contributed by atoms with van der Waals surface area (Å²) in [6, 6.07) is 8.53. The fraction of sp³-hybridized carbons (Fsp3) is 0.600. The molecule has 1 N–H and O–H groups in total. The van der Waals surface area contributed by atoms with E-state index in [4.69, 9.17) is 4.74 Å². The minimum absolute atomic E-state index is 0.591. The van der Waals surface area contributed by atoms with Crippen LogP contribution in [0.1, 0.15) is 38.2 Å². The number of hydrogen-bond donors (Lipinski definition) is 1. The van der Waals surface area contributed by atoms with Crippen LogP contribution >= 0.6 is 0 Å². The van der Waals surface area contributed by atoms with Crippen molar-refractivity contribution in [2.24, 2.45) is 5.92 Å². The predicted octanol–water partition coefficient (Wildman–Crippen LogP) is 3.19. The highest BCUT2D eigenvalue weighted by Gasteiger charge is 2.13. The van der Waals surface area contributed by atoms with Crippen LogP contribution in [0.2, 0.25) is 0 Å². The number of ether oxygens (including phenoxy) is 1. The average Bonchev–Trinajstić information content (AvgIpc) is 2.38. The van der Waals surface area contributed by atoms with Gasteiger partial charge in [-0.25, -0.2) is 0 Å². The van der Waals surface area contributed by atoms with E-state index in [2.05, 4.69) is 43.4 Å². The number of nitrogens with one attached hydrogen (secondary N) is 1. The standard InChI is InChI=1S/C15H23NO/c1-12(2)14-3-5-15(6-4-14)17-11-13-7-9-16-10-8-13/h3-6,12-13,16H,7-11H2,1-2H3. The molecule has 0 saturated carbocycles. The molecule has 2 heteroatoms. The zero-order valence-electron chi connectivity index (χ0n) is 10.9. The third-order valence-corrected chi connectivity index (χ3v) is 3.49. The Hall–Kier alpha value is -1.02. The Balaban J connectivity index is 1.82.